The van der Waals surface area contributed by atoms with Crippen molar-refractivity contribution in [1.82, 2.24) is 0 Å². The summed E-state index contributed by atoms with van der Waals surface area (Å²) in [6, 6.07) is 6.59. The Morgan fingerprint density at radius 3 is 1.50 bits per heavy atom. The van der Waals surface area contributed by atoms with E-state index in [0.29, 0.717) is 0 Å². The zero-order chi connectivity index (χ0) is 12.6. The predicted octanol–water partition coefficient (Wildman–Crippen LogP) is 4.92. The maximum Gasteiger partial charge on any atom is -0.0126 e. The molecule has 1 rings (SSSR count). The second-order valence-corrected chi connectivity index (χ2v) is 6.47. The average molecular weight is 216 g/mol. The molecule has 0 saturated heterocycles. The summed E-state index contributed by atoms with van der Waals surface area (Å²) in [5.74, 6) is 0. The van der Waals surface area contributed by atoms with Crippen LogP contribution in [0, 0.1) is 0 Å². The van der Waals surface area contributed by atoms with Crippen molar-refractivity contribution in [2.75, 3.05) is 0 Å². The molecule has 0 N–H and O–H groups in total. The molecule has 1 aromatic rings. The van der Waals surface area contributed by atoms with Crippen LogP contribution in [0.2, 0.25) is 0 Å². The van der Waals surface area contributed by atoms with Gasteiger partial charge >= 0.3 is 0 Å². The van der Waals surface area contributed by atoms with E-state index in [-0.39, 0.29) is 10.8 Å². The second kappa shape index (κ2) is 4.08. The summed E-state index contributed by atoms with van der Waals surface area (Å²) in [5, 5.41) is 0. The first-order valence-corrected chi connectivity index (χ1v) is 5.94. The first-order chi connectivity index (χ1) is 7.18. The van der Waals surface area contributed by atoms with Gasteiger partial charge in [-0.1, -0.05) is 72.4 Å². The van der Waals surface area contributed by atoms with Gasteiger partial charge in [0.1, 0.15) is 0 Å². The fourth-order valence-electron chi connectivity index (χ4n) is 2.09. The lowest BCUT2D eigenvalue weighted by Crippen LogP contribution is -2.19. The highest BCUT2D eigenvalue weighted by molar-refractivity contribution is 5.60. The highest BCUT2D eigenvalue weighted by Gasteiger charge is 2.23. The molecule has 0 bridgehead atoms. The zero-order valence-electron chi connectivity index (χ0n) is 11.5. The van der Waals surface area contributed by atoms with E-state index in [9.17, 15) is 0 Å². The molecule has 0 aliphatic carbocycles. The van der Waals surface area contributed by atoms with E-state index in [1.807, 2.05) is 6.08 Å². The second-order valence-electron chi connectivity index (χ2n) is 6.47. The Balaban J connectivity index is 3.51. The average Bonchev–Trinajstić information content (AvgIpc) is 2.13. The van der Waals surface area contributed by atoms with E-state index in [0.717, 1.165) is 0 Å². The van der Waals surface area contributed by atoms with Gasteiger partial charge in [0.15, 0.2) is 0 Å². The quantitative estimate of drug-likeness (QED) is 0.624. The van der Waals surface area contributed by atoms with Gasteiger partial charge in [-0.25, -0.2) is 0 Å². The van der Waals surface area contributed by atoms with Crippen LogP contribution in [0.1, 0.15) is 58.2 Å². The first-order valence-electron chi connectivity index (χ1n) is 5.94. The molecule has 0 fully saturated rings. The molecule has 0 aliphatic heterocycles. The lowest BCUT2D eigenvalue weighted by molar-refractivity contribution is 0.566. The molecule has 0 heterocycles. The third kappa shape index (κ3) is 2.55. The number of hydrogen-bond acceptors (Lipinski definition) is 0. The molecule has 0 heteroatoms. The van der Waals surface area contributed by atoms with Crippen LogP contribution >= 0.6 is 0 Å². The van der Waals surface area contributed by atoms with Crippen LogP contribution < -0.4 is 0 Å². The molecule has 0 amide bonds. The first kappa shape index (κ1) is 13.0. The molecule has 0 radical (unpaired) electrons. The fourth-order valence-corrected chi connectivity index (χ4v) is 2.09. The molecule has 0 unspecified atom stereocenters. The molecular formula is C16H24. The van der Waals surface area contributed by atoms with E-state index in [2.05, 4.69) is 66.3 Å². The Hall–Kier alpha value is -1.04. The lowest BCUT2D eigenvalue weighted by Gasteiger charge is -2.28. The summed E-state index contributed by atoms with van der Waals surface area (Å²) < 4.78 is 0. The van der Waals surface area contributed by atoms with Crippen LogP contribution in [-0.2, 0) is 10.8 Å². The molecule has 0 saturated carbocycles. The molecule has 0 aromatic heterocycles. The molecule has 0 spiro atoms. The van der Waals surface area contributed by atoms with Gasteiger partial charge < -0.3 is 0 Å². The van der Waals surface area contributed by atoms with Gasteiger partial charge in [-0.15, -0.1) is 0 Å². The van der Waals surface area contributed by atoms with E-state index in [1.165, 1.54) is 16.7 Å². The Morgan fingerprint density at radius 1 is 0.875 bits per heavy atom. The van der Waals surface area contributed by atoms with Crippen molar-refractivity contribution in [2.24, 2.45) is 0 Å². The molecule has 1 aromatic carbocycles. The predicted molar refractivity (Wildman–Crippen MR) is 73.9 cm³/mol. The highest BCUT2D eigenvalue weighted by Crippen LogP contribution is 2.34. The van der Waals surface area contributed by atoms with E-state index in [1.54, 1.807) is 0 Å². The zero-order valence-corrected chi connectivity index (χ0v) is 11.5. The standard InChI is InChI=1S/C16H24/c1-8-12-13(15(2,3)4)10-9-11-14(12)16(5,6)7/h8-11H,1H2,2-7H3. The third-order valence-electron chi connectivity index (χ3n) is 2.93. The Kier molecular flexibility index (Phi) is 3.33. The summed E-state index contributed by atoms with van der Waals surface area (Å²) in [6.45, 7) is 17.5. The van der Waals surface area contributed by atoms with Gasteiger partial charge in [0, 0.05) is 0 Å². The van der Waals surface area contributed by atoms with Crippen molar-refractivity contribution < 1.29 is 0 Å². The smallest absolute Gasteiger partial charge is 0.0126 e. The Bertz CT molecular complexity index is 351. The largest absolute Gasteiger partial charge is 0.0984 e. The van der Waals surface area contributed by atoms with Crippen molar-refractivity contribution in [3.63, 3.8) is 0 Å². The van der Waals surface area contributed by atoms with Gasteiger partial charge in [0.25, 0.3) is 0 Å². The molecule has 88 valence electrons. The summed E-state index contributed by atoms with van der Waals surface area (Å²) >= 11 is 0. The van der Waals surface area contributed by atoms with Gasteiger partial charge in [0.05, 0.1) is 0 Å². The van der Waals surface area contributed by atoms with Crippen molar-refractivity contribution >= 4 is 6.08 Å². The molecule has 0 atom stereocenters. The number of rotatable bonds is 1. The minimum atomic E-state index is 0.171. The van der Waals surface area contributed by atoms with Crippen molar-refractivity contribution in [2.45, 2.75) is 52.4 Å². The van der Waals surface area contributed by atoms with Gasteiger partial charge in [-0.2, -0.15) is 0 Å². The van der Waals surface area contributed by atoms with Crippen molar-refractivity contribution in [1.29, 1.82) is 0 Å². The monoisotopic (exact) mass is 216 g/mol. The number of hydrogen-bond donors (Lipinski definition) is 0. The van der Waals surface area contributed by atoms with Crippen LogP contribution in [0.5, 0.6) is 0 Å². The molecule has 0 nitrogen and oxygen atoms in total. The van der Waals surface area contributed by atoms with Crippen molar-refractivity contribution in [3.8, 4) is 0 Å². The Morgan fingerprint density at radius 2 is 1.25 bits per heavy atom. The fraction of sp³-hybridized carbons (Fsp3) is 0.500. The maximum absolute atomic E-state index is 3.98. The minimum Gasteiger partial charge on any atom is -0.0984 e. The molecule has 0 aliphatic rings. The molecule has 16 heavy (non-hydrogen) atoms. The Labute approximate surface area is 100 Å². The normalized spacial score (nSPS) is 12.6. The maximum atomic E-state index is 3.98. The SMILES string of the molecule is C=Cc1c(C(C)(C)C)cccc1C(C)(C)C. The van der Waals surface area contributed by atoms with Crippen LogP contribution in [0.3, 0.4) is 0 Å². The van der Waals surface area contributed by atoms with Gasteiger partial charge in [0.2, 0.25) is 0 Å². The van der Waals surface area contributed by atoms with Gasteiger partial charge in [-0.3, -0.25) is 0 Å². The van der Waals surface area contributed by atoms with Crippen LogP contribution in [0.4, 0.5) is 0 Å². The summed E-state index contributed by atoms with van der Waals surface area (Å²) in [4.78, 5) is 0. The number of benzene rings is 1. The summed E-state index contributed by atoms with van der Waals surface area (Å²) in [5.41, 5.74) is 4.42. The van der Waals surface area contributed by atoms with Crippen LogP contribution in [-0.4, -0.2) is 0 Å². The van der Waals surface area contributed by atoms with E-state index < -0.39 is 0 Å². The topological polar surface area (TPSA) is 0 Å². The highest BCUT2D eigenvalue weighted by atomic mass is 14.3. The third-order valence-corrected chi connectivity index (χ3v) is 2.93. The summed E-state index contributed by atoms with van der Waals surface area (Å²) in [7, 11) is 0. The molecular weight excluding hydrogens is 192 g/mol. The van der Waals surface area contributed by atoms with Crippen LogP contribution in [0.15, 0.2) is 24.8 Å². The van der Waals surface area contributed by atoms with E-state index in [4.69, 9.17) is 0 Å². The lowest BCUT2D eigenvalue weighted by atomic mass is 9.76. The van der Waals surface area contributed by atoms with Crippen molar-refractivity contribution in [3.05, 3.63) is 41.5 Å². The minimum absolute atomic E-state index is 0.171. The van der Waals surface area contributed by atoms with Crippen LogP contribution in [0.25, 0.3) is 6.08 Å². The van der Waals surface area contributed by atoms with Gasteiger partial charge in [-0.05, 0) is 27.5 Å². The van der Waals surface area contributed by atoms with E-state index >= 15 is 0 Å². The summed E-state index contributed by atoms with van der Waals surface area (Å²) in [6.07, 6.45) is 2.00.